The Bertz CT molecular complexity index is 270. The van der Waals surface area contributed by atoms with Crippen LogP contribution in [0.1, 0.15) is 13.3 Å². The molecule has 98 valence electrons. The predicted molar refractivity (Wildman–Crippen MR) is 61.5 cm³/mol. The van der Waals surface area contributed by atoms with Crippen LogP contribution in [0.15, 0.2) is 0 Å². The van der Waals surface area contributed by atoms with Gasteiger partial charge in [0, 0.05) is 33.7 Å². The third-order valence-corrected chi connectivity index (χ3v) is 2.59. The molecule has 6 heteroatoms. The van der Waals surface area contributed by atoms with Gasteiger partial charge in [-0.25, -0.2) is 0 Å². The van der Waals surface area contributed by atoms with Crippen LogP contribution >= 0.6 is 0 Å². The maximum atomic E-state index is 11.7. The maximum absolute atomic E-state index is 11.7. The van der Waals surface area contributed by atoms with Gasteiger partial charge in [0.1, 0.15) is 0 Å². The number of hydrogen-bond donors (Lipinski definition) is 1. The summed E-state index contributed by atoms with van der Waals surface area (Å²) in [5, 5.41) is 2.69. The minimum absolute atomic E-state index is 0.0722. The molecule has 1 fully saturated rings. The fraction of sp³-hybridized carbons (Fsp3) is 0.818. The van der Waals surface area contributed by atoms with E-state index in [9.17, 15) is 9.59 Å². The van der Waals surface area contributed by atoms with Crippen molar-refractivity contribution in [2.24, 2.45) is 0 Å². The van der Waals surface area contributed by atoms with Gasteiger partial charge in [0.2, 0.25) is 11.8 Å². The lowest BCUT2D eigenvalue weighted by Crippen LogP contribution is -2.49. The highest BCUT2D eigenvalue weighted by Gasteiger charge is 2.23. The largest absolute Gasteiger partial charge is 0.384 e. The second kappa shape index (κ2) is 7.24. The van der Waals surface area contributed by atoms with E-state index >= 15 is 0 Å². The first-order chi connectivity index (χ1) is 8.13. The SMILES string of the molecule is COCCC(=O)N1CCOC(CNC(C)=O)C1. The molecule has 17 heavy (non-hydrogen) atoms. The molecule has 6 nitrogen and oxygen atoms in total. The summed E-state index contributed by atoms with van der Waals surface area (Å²) in [6.07, 6.45) is 0.280. The third-order valence-electron chi connectivity index (χ3n) is 2.59. The van der Waals surface area contributed by atoms with E-state index in [1.807, 2.05) is 0 Å². The number of carbonyl (C=O) groups excluding carboxylic acids is 2. The Kier molecular flexibility index (Phi) is 5.93. The lowest BCUT2D eigenvalue weighted by atomic mass is 10.2. The smallest absolute Gasteiger partial charge is 0.225 e. The average Bonchev–Trinajstić information content (AvgIpc) is 2.33. The molecule has 0 aromatic rings. The zero-order valence-corrected chi connectivity index (χ0v) is 10.4. The summed E-state index contributed by atoms with van der Waals surface area (Å²) in [7, 11) is 1.58. The van der Waals surface area contributed by atoms with Gasteiger partial charge in [-0.2, -0.15) is 0 Å². The molecule has 0 aromatic heterocycles. The Morgan fingerprint density at radius 2 is 2.29 bits per heavy atom. The van der Waals surface area contributed by atoms with E-state index in [0.717, 1.165) is 0 Å². The van der Waals surface area contributed by atoms with Crippen LogP contribution in [0.5, 0.6) is 0 Å². The molecule has 0 radical (unpaired) electrons. The minimum atomic E-state index is -0.112. The van der Waals surface area contributed by atoms with Crippen molar-refractivity contribution in [3.05, 3.63) is 0 Å². The summed E-state index contributed by atoms with van der Waals surface area (Å²) in [6.45, 7) is 4.01. The molecule has 1 N–H and O–H groups in total. The van der Waals surface area contributed by atoms with Gasteiger partial charge in [0.25, 0.3) is 0 Å². The van der Waals surface area contributed by atoms with Crippen LogP contribution in [0.4, 0.5) is 0 Å². The lowest BCUT2D eigenvalue weighted by Gasteiger charge is -2.33. The molecule has 1 saturated heterocycles. The third kappa shape index (κ3) is 5.14. The van der Waals surface area contributed by atoms with Crippen LogP contribution in [0.2, 0.25) is 0 Å². The van der Waals surface area contributed by atoms with E-state index in [2.05, 4.69) is 5.32 Å². The van der Waals surface area contributed by atoms with Crippen molar-refractivity contribution in [2.75, 3.05) is 40.0 Å². The molecule has 1 rings (SSSR count). The first-order valence-electron chi connectivity index (χ1n) is 5.76. The molecular formula is C11H20N2O4. The average molecular weight is 244 g/mol. The number of carbonyl (C=O) groups is 2. The zero-order valence-electron chi connectivity index (χ0n) is 10.4. The van der Waals surface area contributed by atoms with E-state index in [1.165, 1.54) is 6.92 Å². The maximum Gasteiger partial charge on any atom is 0.225 e. The van der Waals surface area contributed by atoms with Crippen LogP contribution in [-0.4, -0.2) is 62.8 Å². The van der Waals surface area contributed by atoms with Crippen molar-refractivity contribution in [3.63, 3.8) is 0 Å². The van der Waals surface area contributed by atoms with E-state index in [0.29, 0.717) is 39.3 Å². The molecule has 0 saturated carbocycles. The zero-order chi connectivity index (χ0) is 12.7. The van der Waals surface area contributed by atoms with Crippen molar-refractivity contribution in [2.45, 2.75) is 19.4 Å². The second-order valence-electron chi connectivity index (χ2n) is 4.01. The van der Waals surface area contributed by atoms with Crippen molar-refractivity contribution < 1.29 is 19.1 Å². The fourth-order valence-electron chi connectivity index (χ4n) is 1.67. The van der Waals surface area contributed by atoms with Crippen LogP contribution in [0.25, 0.3) is 0 Å². The first kappa shape index (κ1) is 13.9. The number of hydrogen-bond acceptors (Lipinski definition) is 4. The fourth-order valence-corrected chi connectivity index (χ4v) is 1.67. The molecule has 1 heterocycles. The molecule has 1 unspecified atom stereocenters. The summed E-state index contributed by atoms with van der Waals surface area (Å²) >= 11 is 0. The monoisotopic (exact) mass is 244 g/mol. The number of morpholine rings is 1. The predicted octanol–water partition coefficient (Wildman–Crippen LogP) is -0.614. The second-order valence-corrected chi connectivity index (χ2v) is 4.01. The van der Waals surface area contributed by atoms with Gasteiger partial charge < -0.3 is 19.7 Å². The number of rotatable bonds is 5. The standard InChI is InChI=1S/C11H20N2O4/c1-9(14)12-7-10-8-13(4-6-17-10)11(15)3-5-16-2/h10H,3-8H2,1-2H3,(H,12,14). The van der Waals surface area contributed by atoms with Gasteiger partial charge in [-0.15, -0.1) is 0 Å². The summed E-state index contributed by atoms with van der Waals surface area (Å²) in [4.78, 5) is 24.3. The highest BCUT2D eigenvalue weighted by molar-refractivity contribution is 5.76. The molecule has 0 spiro atoms. The normalized spacial score (nSPS) is 20.1. The molecule has 1 atom stereocenters. The van der Waals surface area contributed by atoms with Crippen LogP contribution in [0, 0.1) is 0 Å². The summed E-state index contributed by atoms with van der Waals surface area (Å²) in [5.41, 5.74) is 0. The summed E-state index contributed by atoms with van der Waals surface area (Å²) in [5.74, 6) is -0.0144. The lowest BCUT2D eigenvalue weighted by molar-refractivity contribution is -0.139. The highest BCUT2D eigenvalue weighted by atomic mass is 16.5. The number of amides is 2. The highest BCUT2D eigenvalue weighted by Crippen LogP contribution is 2.06. The van der Waals surface area contributed by atoms with Crippen molar-refractivity contribution in [1.29, 1.82) is 0 Å². The molecule has 1 aliphatic heterocycles. The Balaban J connectivity index is 2.32. The van der Waals surface area contributed by atoms with Gasteiger partial charge in [-0.3, -0.25) is 9.59 Å². The molecule has 1 aliphatic rings. The Morgan fingerprint density at radius 1 is 1.53 bits per heavy atom. The molecule has 2 amide bonds. The Morgan fingerprint density at radius 3 is 2.94 bits per heavy atom. The quantitative estimate of drug-likeness (QED) is 0.700. The van der Waals surface area contributed by atoms with E-state index < -0.39 is 0 Å². The molecular weight excluding hydrogens is 224 g/mol. The van der Waals surface area contributed by atoms with Crippen LogP contribution in [0.3, 0.4) is 0 Å². The molecule has 0 aliphatic carbocycles. The van der Waals surface area contributed by atoms with Gasteiger partial charge in [-0.05, 0) is 0 Å². The van der Waals surface area contributed by atoms with E-state index in [1.54, 1.807) is 12.0 Å². The van der Waals surface area contributed by atoms with E-state index in [-0.39, 0.29) is 17.9 Å². The number of methoxy groups -OCH3 is 1. The Labute approximate surface area is 101 Å². The van der Waals surface area contributed by atoms with Crippen LogP contribution < -0.4 is 5.32 Å². The summed E-state index contributed by atoms with van der Waals surface area (Å²) in [6, 6.07) is 0. The minimum Gasteiger partial charge on any atom is -0.384 e. The molecule has 0 aromatic carbocycles. The van der Waals surface area contributed by atoms with Gasteiger partial charge >= 0.3 is 0 Å². The van der Waals surface area contributed by atoms with Crippen LogP contribution in [-0.2, 0) is 19.1 Å². The molecule has 0 bridgehead atoms. The number of ether oxygens (including phenoxy) is 2. The first-order valence-corrected chi connectivity index (χ1v) is 5.76. The topological polar surface area (TPSA) is 67.9 Å². The Hall–Kier alpha value is -1.14. The van der Waals surface area contributed by atoms with Gasteiger partial charge in [-0.1, -0.05) is 0 Å². The van der Waals surface area contributed by atoms with Crippen molar-refractivity contribution in [3.8, 4) is 0 Å². The van der Waals surface area contributed by atoms with E-state index in [4.69, 9.17) is 9.47 Å². The summed E-state index contributed by atoms with van der Waals surface area (Å²) < 4.78 is 10.3. The number of nitrogens with zero attached hydrogens (tertiary/aromatic N) is 1. The van der Waals surface area contributed by atoms with Crippen molar-refractivity contribution in [1.82, 2.24) is 10.2 Å². The van der Waals surface area contributed by atoms with Gasteiger partial charge in [0.05, 0.1) is 25.7 Å². The van der Waals surface area contributed by atoms with Gasteiger partial charge in [0.15, 0.2) is 0 Å². The van der Waals surface area contributed by atoms with Crippen molar-refractivity contribution >= 4 is 11.8 Å². The number of nitrogens with one attached hydrogen (secondary N) is 1.